The van der Waals surface area contributed by atoms with E-state index in [2.05, 4.69) is 24.1 Å². The van der Waals surface area contributed by atoms with E-state index in [9.17, 15) is 14.9 Å². The molecule has 1 fully saturated rings. The van der Waals surface area contributed by atoms with Gasteiger partial charge in [0.15, 0.2) is 0 Å². The van der Waals surface area contributed by atoms with E-state index in [-0.39, 0.29) is 28.5 Å². The van der Waals surface area contributed by atoms with Crippen LogP contribution in [0, 0.1) is 15.5 Å². The van der Waals surface area contributed by atoms with Crippen LogP contribution in [0.2, 0.25) is 0 Å². The first-order chi connectivity index (χ1) is 9.31. The molecule has 1 saturated carbocycles. The number of carboxylic acid groups (broad SMARTS) is 1. The summed E-state index contributed by atoms with van der Waals surface area (Å²) in [6.07, 6.45) is 4.17. The van der Waals surface area contributed by atoms with Crippen LogP contribution in [-0.2, 0) is 0 Å². The van der Waals surface area contributed by atoms with Gasteiger partial charge in [-0.2, -0.15) is 0 Å². The average Bonchev–Trinajstić information content (AvgIpc) is 2.68. The van der Waals surface area contributed by atoms with Crippen molar-refractivity contribution < 1.29 is 14.8 Å². The van der Waals surface area contributed by atoms with Crippen LogP contribution in [0.25, 0.3) is 0 Å². The molecule has 1 unspecified atom stereocenters. The van der Waals surface area contributed by atoms with Crippen LogP contribution in [0.5, 0.6) is 0 Å². The van der Waals surface area contributed by atoms with Crippen molar-refractivity contribution in [3.63, 3.8) is 0 Å². The highest BCUT2D eigenvalue weighted by molar-refractivity contribution is 5.88. The standard InChI is InChI=1S/C13H17N3O4/c1-13(2)5-3-4-10(13)15-11-9(16(19)20)6-8(7-14-11)12(17)18/h6-7,10H,3-5H2,1-2H3,(H,14,15)(H,17,18). The molecule has 2 N–H and O–H groups in total. The van der Waals surface area contributed by atoms with E-state index in [1.165, 1.54) is 0 Å². The molecule has 0 radical (unpaired) electrons. The topological polar surface area (TPSA) is 105 Å². The van der Waals surface area contributed by atoms with Crippen LogP contribution in [-0.4, -0.2) is 27.0 Å². The minimum Gasteiger partial charge on any atom is -0.478 e. The number of aromatic nitrogens is 1. The van der Waals surface area contributed by atoms with Crippen molar-refractivity contribution in [1.82, 2.24) is 4.98 Å². The Morgan fingerprint density at radius 3 is 2.80 bits per heavy atom. The van der Waals surface area contributed by atoms with Gasteiger partial charge in [-0.3, -0.25) is 10.1 Å². The van der Waals surface area contributed by atoms with Crippen LogP contribution < -0.4 is 5.32 Å². The van der Waals surface area contributed by atoms with E-state index in [0.29, 0.717) is 0 Å². The summed E-state index contributed by atoms with van der Waals surface area (Å²) >= 11 is 0. The van der Waals surface area contributed by atoms with Gasteiger partial charge < -0.3 is 10.4 Å². The quantitative estimate of drug-likeness (QED) is 0.648. The minimum absolute atomic E-state index is 0.0427. The number of pyridine rings is 1. The number of carboxylic acids is 1. The zero-order valence-electron chi connectivity index (χ0n) is 11.4. The predicted octanol–water partition coefficient (Wildman–Crippen LogP) is 2.68. The second-order valence-electron chi connectivity index (χ2n) is 5.73. The molecular weight excluding hydrogens is 262 g/mol. The molecule has 1 aliphatic rings. The molecule has 1 aromatic rings. The highest BCUT2D eigenvalue weighted by atomic mass is 16.6. The lowest BCUT2D eigenvalue weighted by molar-refractivity contribution is -0.384. The third-order valence-electron chi connectivity index (χ3n) is 3.88. The fourth-order valence-electron chi connectivity index (χ4n) is 2.58. The monoisotopic (exact) mass is 279 g/mol. The first kappa shape index (κ1) is 14.2. The van der Waals surface area contributed by atoms with Crippen LogP contribution in [0.3, 0.4) is 0 Å². The molecule has 0 bridgehead atoms. The number of nitrogens with one attached hydrogen (secondary N) is 1. The molecule has 1 aromatic heterocycles. The number of rotatable bonds is 4. The molecule has 7 nitrogen and oxygen atoms in total. The largest absolute Gasteiger partial charge is 0.478 e. The molecule has 20 heavy (non-hydrogen) atoms. The SMILES string of the molecule is CC1(C)CCCC1Nc1ncc(C(=O)O)cc1[N+](=O)[O-]. The molecule has 1 atom stereocenters. The molecule has 7 heteroatoms. The first-order valence-corrected chi connectivity index (χ1v) is 6.45. The van der Waals surface area contributed by atoms with Gasteiger partial charge >= 0.3 is 11.7 Å². The Hall–Kier alpha value is -2.18. The average molecular weight is 279 g/mol. The summed E-state index contributed by atoms with van der Waals surface area (Å²) in [7, 11) is 0. The summed E-state index contributed by atoms with van der Waals surface area (Å²) in [6.45, 7) is 4.21. The summed E-state index contributed by atoms with van der Waals surface area (Å²) in [5.41, 5.74) is -0.443. The molecule has 0 aromatic carbocycles. The third-order valence-corrected chi connectivity index (χ3v) is 3.88. The van der Waals surface area contributed by atoms with Crippen LogP contribution >= 0.6 is 0 Å². The second-order valence-corrected chi connectivity index (χ2v) is 5.73. The van der Waals surface area contributed by atoms with Crippen molar-refractivity contribution in [2.75, 3.05) is 5.32 Å². The highest BCUT2D eigenvalue weighted by Gasteiger charge is 2.35. The van der Waals surface area contributed by atoms with Crippen molar-refractivity contribution in [1.29, 1.82) is 0 Å². The lowest BCUT2D eigenvalue weighted by Gasteiger charge is -2.28. The number of nitrogens with zero attached hydrogens (tertiary/aromatic N) is 2. The summed E-state index contributed by atoms with van der Waals surface area (Å²) in [5.74, 6) is -1.09. The number of nitro groups is 1. The van der Waals surface area contributed by atoms with Gasteiger partial charge in [-0.05, 0) is 18.3 Å². The lowest BCUT2D eigenvalue weighted by Crippen LogP contribution is -2.31. The Morgan fingerprint density at radius 2 is 2.30 bits per heavy atom. The van der Waals surface area contributed by atoms with Gasteiger partial charge in [-0.15, -0.1) is 0 Å². The second kappa shape index (κ2) is 5.07. The number of hydrogen-bond acceptors (Lipinski definition) is 5. The lowest BCUT2D eigenvalue weighted by atomic mass is 9.87. The van der Waals surface area contributed by atoms with Gasteiger partial charge in [0.2, 0.25) is 5.82 Å². The zero-order valence-corrected chi connectivity index (χ0v) is 11.4. The summed E-state index contributed by atoms with van der Waals surface area (Å²) in [6, 6.07) is 1.14. The van der Waals surface area contributed by atoms with E-state index >= 15 is 0 Å². The van der Waals surface area contributed by atoms with Crippen molar-refractivity contribution in [3.8, 4) is 0 Å². The van der Waals surface area contributed by atoms with Gasteiger partial charge in [-0.1, -0.05) is 20.3 Å². The summed E-state index contributed by atoms with van der Waals surface area (Å²) in [5, 5.41) is 23.0. The molecule has 0 saturated heterocycles. The molecule has 108 valence electrons. The molecule has 0 aliphatic heterocycles. The molecule has 0 amide bonds. The first-order valence-electron chi connectivity index (χ1n) is 6.45. The van der Waals surface area contributed by atoms with Crippen LogP contribution in [0.1, 0.15) is 43.5 Å². The van der Waals surface area contributed by atoms with E-state index in [4.69, 9.17) is 5.11 Å². The Bertz CT molecular complexity index is 557. The maximum atomic E-state index is 11.1. The van der Waals surface area contributed by atoms with E-state index < -0.39 is 10.9 Å². The van der Waals surface area contributed by atoms with Gasteiger partial charge in [0.1, 0.15) is 0 Å². The fourth-order valence-corrected chi connectivity index (χ4v) is 2.58. The molecule has 1 heterocycles. The van der Waals surface area contributed by atoms with Crippen LogP contribution in [0.15, 0.2) is 12.3 Å². The zero-order chi connectivity index (χ0) is 14.9. The Morgan fingerprint density at radius 1 is 1.60 bits per heavy atom. The van der Waals surface area contributed by atoms with E-state index in [1.807, 2.05) is 0 Å². The normalized spacial score (nSPS) is 20.6. The minimum atomic E-state index is -1.23. The van der Waals surface area contributed by atoms with Crippen molar-refractivity contribution in [2.45, 2.75) is 39.2 Å². The van der Waals surface area contributed by atoms with E-state index in [0.717, 1.165) is 31.5 Å². The Kier molecular flexibility index (Phi) is 3.61. The Balaban J connectivity index is 2.32. The predicted molar refractivity (Wildman–Crippen MR) is 72.9 cm³/mol. The molecular formula is C13H17N3O4. The number of carbonyl (C=O) groups is 1. The van der Waals surface area contributed by atoms with Gasteiger partial charge in [0, 0.05) is 18.3 Å². The number of hydrogen-bond donors (Lipinski definition) is 2. The van der Waals surface area contributed by atoms with Crippen molar-refractivity contribution in [2.24, 2.45) is 5.41 Å². The van der Waals surface area contributed by atoms with Crippen molar-refractivity contribution >= 4 is 17.5 Å². The number of aromatic carboxylic acids is 1. The number of anilines is 1. The summed E-state index contributed by atoms with van der Waals surface area (Å²) < 4.78 is 0. The van der Waals surface area contributed by atoms with Gasteiger partial charge in [0.05, 0.1) is 10.5 Å². The van der Waals surface area contributed by atoms with Gasteiger partial charge in [0.25, 0.3) is 0 Å². The fraction of sp³-hybridized carbons (Fsp3) is 0.538. The maximum absolute atomic E-state index is 11.1. The summed E-state index contributed by atoms with van der Waals surface area (Å²) in [4.78, 5) is 25.2. The molecule has 1 aliphatic carbocycles. The third kappa shape index (κ3) is 2.71. The Labute approximate surface area is 116 Å². The molecule has 0 spiro atoms. The van der Waals surface area contributed by atoms with Gasteiger partial charge in [-0.25, -0.2) is 9.78 Å². The van der Waals surface area contributed by atoms with Crippen LogP contribution in [0.4, 0.5) is 11.5 Å². The molecule has 2 rings (SSSR count). The maximum Gasteiger partial charge on any atom is 0.337 e. The van der Waals surface area contributed by atoms with Crippen molar-refractivity contribution in [3.05, 3.63) is 27.9 Å². The smallest absolute Gasteiger partial charge is 0.337 e. The van der Waals surface area contributed by atoms with E-state index in [1.54, 1.807) is 0 Å². The highest BCUT2D eigenvalue weighted by Crippen LogP contribution is 2.39.